The van der Waals surface area contributed by atoms with Gasteiger partial charge in [-0.3, -0.25) is 4.79 Å². The number of benzene rings is 1. The summed E-state index contributed by atoms with van der Waals surface area (Å²) in [5.41, 5.74) is 3.71. The Kier molecular flexibility index (Phi) is 3.93. The first-order valence-corrected chi connectivity index (χ1v) is 7.96. The fourth-order valence-electron chi connectivity index (χ4n) is 4.05. The quantitative estimate of drug-likeness (QED) is 0.913. The predicted molar refractivity (Wildman–Crippen MR) is 81.9 cm³/mol. The number of carbonyl (C=O) groups excluding carboxylic acids is 1. The van der Waals surface area contributed by atoms with Crippen LogP contribution in [-0.4, -0.2) is 17.9 Å². The van der Waals surface area contributed by atoms with Crippen molar-refractivity contribution in [1.82, 2.24) is 5.32 Å². The third-order valence-corrected chi connectivity index (χ3v) is 4.83. The minimum Gasteiger partial charge on any atom is -0.311 e. The molecule has 3 rings (SSSR count). The lowest BCUT2D eigenvalue weighted by molar-refractivity contribution is -0.124. The number of hydrogen-bond acceptors (Lipinski definition) is 2. The molecule has 0 amide bonds. The van der Waals surface area contributed by atoms with E-state index in [0.717, 1.165) is 12.8 Å². The molecule has 108 valence electrons. The van der Waals surface area contributed by atoms with E-state index < -0.39 is 0 Å². The van der Waals surface area contributed by atoms with Crippen molar-refractivity contribution in [3.8, 4) is 0 Å². The molecule has 0 saturated carbocycles. The molecular weight excluding hydrogens is 246 g/mol. The minimum atomic E-state index is 0.285. The van der Waals surface area contributed by atoms with Crippen molar-refractivity contribution in [3.05, 3.63) is 34.9 Å². The second-order valence-electron chi connectivity index (χ2n) is 6.80. The fraction of sp³-hybridized carbons (Fsp3) is 0.611. The van der Waals surface area contributed by atoms with E-state index in [-0.39, 0.29) is 5.92 Å². The molecule has 2 heterocycles. The first-order valence-electron chi connectivity index (χ1n) is 7.96. The summed E-state index contributed by atoms with van der Waals surface area (Å²) in [5, 5.41) is 3.67. The monoisotopic (exact) mass is 271 g/mol. The first kappa shape index (κ1) is 13.8. The van der Waals surface area contributed by atoms with E-state index in [2.05, 4.69) is 37.4 Å². The van der Waals surface area contributed by atoms with Crippen molar-refractivity contribution in [3.63, 3.8) is 0 Å². The Balaban J connectivity index is 1.67. The maximum atomic E-state index is 12.6. The van der Waals surface area contributed by atoms with E-state index in [1.54, 1.807) is 0 Å². The van der Waals surface area contributed by atoms with Gasteiger partial charge in [-0.2, -0.15) is 0 Å². The number of Topliss-reactive ketones (excluding diaryl/α,β-unsaturated/α-hetero) is 1. The van der Waals surface area contributed by atoms with Crippen molar-refractivity contribution >= 4 is 5.78 Å². The Morgan fingerprint density at radius 2 is 1.70 bits per heavy atom. The van der Waals surface area contributed by atoms with E-state index in [0.29, 0.717) is 24.3 Å². The summed E-state index contributed by atoms with van der Waals surface area (Å²) >= 11 is 0. The SMILES string of the molecule is Cc1cc(C)cc(CC(=O)C2CC3CCCC(C2)N3)c1. The minimum absolute atomic E-state index is 0.285. The van der Waals surface area contributed by atoms with Crippen LogP contribution in [0, 0.1) is 19.8 Å². The van der Waals surface area contributed by atoms with Crippen molar-refractivity contribution in [1.29, 1.82) is 0 Å². The molecule has 0 aromatic heterocycles. The maximum absolute atomic E-state index is 12.6. The Hall–Kier alpha value is -1.15. The van der Waals surface area contributed by atoms with Gasteiger partial charge in [0.05, 0.1) is 0 Å². The average molecular weight is 271 g/mol. The molecule has 2 atom stereocenters. The number of hydrogen-bond donors (Lipinski definition) is 1. The molecule has 20 heavy (non-hydrogen) atoms. The van der Waals surface area contributed by atoms with Crippen molar-refractivity contribution in [2.24, 2.45) is 5.92 Å². The number of ketones is 1. The van der Waals surface area contributed by atoms with Crippen LogP contribution in [0.5, 0.6) is 0 Å². The van der Waals surface area contributed by atoms with Gasteiger partial charge in [-0.05, 0) is 45.1 Å². The molecule has 2 heteroatoms. The smallest absolute Gasteiger partial charge is 0.140 e. The number of aryl methyl sites for hydroxylation is 2. The molecule has 2 nitrogen and oxygen atoms in total. The number of piperidine rings is 2. The van der Waals surface area contributed by atoms with Crippen molar-refractivity contribution in [2.75, 3.05) is 0 Å². The Morgan fingerprint density at radius 1 is 1.10 bits per heavy atom. The number of rotatable bonds is 3. The molecule has 2 unspecified atom stereocenters. The van der Waals surface area contributed by atoms with Gasteiger partial charge in [-0.25, -0.2) is 0 Å². The third kappa shape index (κ3) is 3.12. The van der Waals surface area contributed by atoms with Crippen LogP contribution in [0.4, 0.5) is 0 Å². The second kappa shape index (κ2) is 5.69. The molecule has 0 radical (unpaired) electrons. The molecule has 2 fully saturated rings. The Labute approximate surface area is 122 Å². The summed E-state index contributed by atoms with van der Waals surface area (Å²) in [6, 6.07) is 7.68. The molecule has 1 aromatic rings. The van der Waals surface area contributed by atoms with Crippen LogP contribution in [0.25, 0.3) is 0 Å². The summed E-state index contributed by atoms with van der Waals surface area (Å²) in [5.74, 6) is 0.737. The lowest BCUT2D eigenvalue weighted by Crippen LogP contribution is -2.50. The normalized spacial score (nSPS) is 29.2. The summed E-state index contributed by atoms with van der Waals surface area (Å²) in [4.78, 5) is 12.6. The lowest BCUT2D eigenvalue weighted by Gasteiger charge is -2.39. The highest BCUT2D eigenvalue weighted by atomic mass is 16.1. The molecule has 0 aliphatic carbocycles. The highest BCUT2D eigenvalue weighted by Gasteiger charge is 2.34. The lowest BCUT2D eigenvalue weighted by atomic mass is 9.77. The molecule has 0 spiro atoms. The summed E-state index contributed by atoms with van der Waals surface area (Å²) in [7, 11) is 0. The van der Waals surface area contributed by atoms with E-state index in [1.165, 1.54) is 36.0 Å². The van der Waals surface area contributed by atoms with Gasteiger partial charge < -0.3 is 5.32 Å². The zero-order valence-corrected chi connectivity index (χ0v) is 12.6. The van der Waals surface area contributed by atoms with Crippen molar-refractivity contribution < 1.29 is 4.79 Å². The van der Waals surface area contributed by atoms with Crippen LogP contribution < -0.4 is 5.32 Å². The maximum Gasteiger partial charge on any atom is 0.140 e. The van der Waals surface area contributed by atoms with Gasteiger partial charge in [0.25, 0.3) is 0 Å². The van der Waals surface area contributed by atoms with E-state index >= 15 is 0 Å². The summed E-state index contributed by atoms with van der Waals surface area (Å²) < 4.78 is 0. The Bertz CT molecular complexity index is 476. The number of fused-ring (bicyclic) bond motifs is 2. The topological polar surface area (TPSA) is 29.1 Å². The summed E-state index contributed by atoms with van der Waals surface area (Å²) in [6.45, 7) is 4.21. The molecule has 2 aliphatic rings. The van der Waals surface area contributed by atoms with Crippen LogP contribution >= 0.6 is 0 Å². The molecule has 2 aliphatic heterocycles. The molecule has 1 aromatic carbocycles. The largest absolute Gasteiger partial charge is 0.311 e. The molecular formula is C18H25NO. The van der Waals surface area contributed by atoms with Gasteiger partial charge in [0.1, 0.15) is 5.78 Å². The van der Waals surface area contributed by atoms with Crippen LogP contribution in [0.2, 0.25) is 0 Å². The van der Waals surface area contributed by atoms with E-state index in [4.69, 9.17) is 0 Å². The van der Waals surface area contributed by atoms with Gasteiger partial charge in [0.15, 0.2) is 0 Å². The molecule has 2 saturated heterocycles. The van der Waals surface area contributed by atoms with Gasteiger partial charge >= 0.3 is 0 Å². The van der Waals surface area contributed by atoms with E-state index in [1.807, 2.05) is 0 Å². The number of carbonyl (C=O) groups is 1. The average Bonchev–Trinajstić information content (AvgIpc) is 2.36. The molecule has 2 bridgehead atoms. The van der Waals surface area contributed by atoms with Crippen LogP contribution in [0.15, 0.2) is 18.2 Å². The van der Waals surface area contributed by atoms with Gasteiger partial charge in [0, 0.05) is 24.4 Å². The van der Waals surface area contributed by atoms with Gasteiger partial charge in [-0.15, -0.1) is 0 Å². The van der Waals surface area contributed by atoms with Crippen molar-refractivity contribution in [2.45, 2.75) is 64.5 Å². The highest BCUT2D eigenvalue weighted by Crippen LogP contribution is 2.30. The van der Waals surface area contributed by atoms with E-state index in [9.17, 15) is 4.79 Å². The highest BCUT2D eigenvalue weighted by molar-refractivity contribution is 5.83. The Morgan fingerprint density at radius 3 is 2.30 bits per heavy atom. The van der Waals surface area contributed by atoms with Crippen LogP contribution in [0.1, 0.15) is 48.8 Å². The fourth-order valence-corrected chi connectivity index (χ4v) is 4.05. The number of nitrogens with one attached hydrogen (secondary N) is 1. The zero-order valence-electron chi connectivity index (χ0n) is 12.6. The van der Waals surface area contributed by atoms with Gasteiger partial charge in [-0.1, -0.05) is 35.7 Å². The second-order valence-corrected chi connectivity index (χ2v) is 6.80. The zero-order chi connectivity index (χ0) is 14.1. The predicted octanol–water partition coefficient (Wildman–Crippen LogP) is 3.34. The third-order valence-electron chi connectivity index (χ3n) is 4.83. The van der Waals surface area contributed by atoms with Crippen LogP contribution in [0.3, 0.4) is 0 Å². The standard InChI is InChI=1S/C18H25NO/c1-12-6-13(2)8-14(7-12)9-18(20)15-10-16-4-3-5-17(11-15)19-16/h6-8,15-17,19H,3-5,9-11H2,1-2H3. The molecule has 1 N–H and O–H groups in total. The van der Waals surface area contributed by atoms with Crippen LogP contribution in [-0.2, 0) is 11.2 Å². The van der Waals surface area contributed by atoms with Gasteiger partial charge in [0.2, 0.25) is 0 Å². The first-order chi connectivity index (χ1) is 9.60. The summed E-state index contributed by atoms with van der Waals surface area (Å²) in [6.07, 6.45) is 6.57.